The second kappa shape index (κ2) is 4.63. The highest BCUT2D eigenvalue weighted by molar-refractivity contribution is 4.98. The lowest BCUT2D eigenvalue weighted by molar-refractivity contribution is 0.167. The van der Waals surface area contributed by atoms with E-state index in [0.29, 0.717) is 12.6 Å². The highest BCUT2D eigenvalue weighted by Crippen LogP contribution is 2.18. The molecule has 0 bridgehead atoms. The minimum Gasteiger partial charge on any atom is -0.395 e. The summed E-state index contributed by atoms with van der Waals surface area (Å²) in [6.45, 7) is 8.52. The molecule has 1 atom stereocenters. The molecule has 0 amide bonds. The summed E-state index contributed by atoms with van der Waals surface area (Å²) in [4.78, 5) is 2.34. The molecule has 0 radical (unpaired) electrons. The van der Waals surface area contributed by atoms with Crippen LogP contribution >= 0.6 is 0 Å². The van der Waals surface area contributed by atoms with Crippen LogP contribution in [0.2, 0.25) is 0 Å². The molecule has 0 aromatic carbocycles. The highest BCUT2D eigenvalue weighted by Gasteiger charge is 2.23. The Morgan fingerprint density at radius 2 is 2.42 bits per heavy atom. The summed E-state index contributed by atoms with van der Waals surface area (Å²) in [5, 5.41) is 9.05. The van der Waals surface area contributed by atoms with Crippen LogP contribution in [0.3, 0.4) is 0 Å². The Morgan fingerprint density at radius 1 is 1.67 bits per heavy atom. The smallest absolute Gasteiger partial charge is 0.0587 e. The number of hydrogen-bond acceptors (Lipinski definition) is 2. The van der Waals surface area contributed by atoms with Crippen molar-refractivity contribution in [2.75, 3.05) is 19.7 Å². The molecule has 1 aliphatic heterocycles. The van der Waals surface area contributed by atoms with Gasteiger partial charge in [-0.3, -0.25) is 4.90 Å². The van der Waals surface area contributed by atoms with E-state index in [-0.39, 0.29) is 0 Å². The van der Waals surface area contributed by atoms with Crippen molar-refractivity contribution < 1.29 is 5.11 Å². The van der Waals surface area contributed by atoms with Crippen LogP contribution in [-0.4, -0.2) is 35.7 Å². The minimum atomic E-state index is 0.303. The van der Waals surface area contributed by atoms with Gasteiger partial charge in [0.1, 0.15) is 0 Å². The largest absolute Gasteiger partial charge is 0.395 e. The number of likely N-dealkylation sites (tertiary alicyclic amines) is 1. The van der Waals surface area contributed by atoms with Gasteiger partial charge in [-0.15, -0.1) is 0 Å². The first-order valence-electron chi connectivity index (χ1n) is 4.79. The van der Waals surface area contributed by atoms with E-state index in [9.17, 15) is 0 Å². The van der Waals surface area contributed by atoms with Crippen molar-refractivity contribution in [3.63, 3.8) is 0 Å². The molecule has 1 N–H and O–H groups in total. The number of aliphatic hydroxyl groups excluding tert-OH is 1. The zero-order valence-electron chi connectivity index (χ0n) is 7.92. The van der Waals surface area contributed by atoms with Crippen molar-refractivity contribution in [1.82, 2.24) is 4.90 Å². The molecule has 0 unspecified atom stereocenters. The van der Waals surface area contributed by atoms with Gasteiger partial charge in [0.2, 0.25) is 0 Å². The first-order chi connectivity index (χ1) is 5.77. The monoisotopic (exact) mass is 169 g/mol. The van der Waals surface area contributed by atoms with Crippen molar-refractivity contribution in [2.24, 2.45) is 0 Å². The summed E-state index contributed by atoms with van der Waals surface area (Å²) in [5.41, 5.74) is 1.27. The third kappa shape index (κ3) is 2.32. The Labute approximate surface area is 74.9 Å². The molecule has 1 heterocycles. The molecule has 0 saturated carbocycles. The predicted octanol–water partition coefficient (Wildman–Crippen LogP) is 1.41. The molecule has 2 nitrogen and oxygen atoms in total. The van der Waals surface area contributed by atoms with Crippen molar-refractivity contribution in [2.45, 2.75) is 32.2 Å². The van der Waals surface area contributed by atoms with Crippen molar-refractivity contribution in [1.29, 1.82) is 0 Å². The molecule has 12 heavy (non-hydrogen) atoms. The molecule has 0 aromatic rings. The van der Waals surface area contributed by atoms with E-state index in [2.05, 4.69) is 18.4 Å². The average Bonchev–Trinajstić information content (AvgIpc) is 2.51. The van der Waals surface area contributed by atoms with E-state index >= 15 is 0 Å². The lowest BCUT2D eigenvalue weighted by Gasteiger charge is -2.23. The van der Waals surface area contributed by atoms with Crippen LogP contribution in [0.4, 0.5) is 0 Å². The Kier molecular flexibility index (Phi) is 3.76. The van der Waals surface area contributed by atoms with Crippen LogP contribution in [0.5, 0.6) is 0 Å². The molecule has 0 aliphatic carbocycles. The number of hydrogen-bond donors (Lipinski definition) is 1. The molecular formula is C10H19NO. The minimum absolute atomic E-state index is 0.303. The van der Waals surface area contributed by atoms with E-state index in [1.807, 2.05) is 0 Å². The molecule has 0 spiro atoms. The standard InChI is InChI=1S/C10H19NO/c1-3-9(2)7-11-6-4-5-10(11)8-12/h10,12H,2-8H2,1H3/t10-/m1/s1. The SMILES string of the molecule is C=C(CC)CN1CCC[C@@H]1CO. The zero-order valence-corrected chi connectivity index (χ0v) is 7.92. The van der Waals surface area contributed by atoms with E-state index in [4.69, 9.17) is 5.11 Å². The maximum Gasteiger partial charge on any atom is 0.0587 e. The molecule has 0 aromatic heterocycles. The predicted molar refractivity (Wildman–Crippen MR) is 51.1 cm³/mol. The van der Waals surface area contributed by atoms with E-state index in [1.54, 1.807) is 0 Å². The lowest BCUT2D eigenvalue weighted by atomic mass is 10.2. The van der Waals surface area contributed by atoms with Crippen LogP contribution in [0.25, 0.3) is 0 Å². The summed E-state index contributed by atoms with van der Waals surface area (Å²) < 4.78 is 0. The maximum atomic E-state index is 9.05. The summed E-state index contributed by atoms with van der Waals surface area (Å²) in [5.74, 6) is 0. The van der Waals surface area contributed by atoms with Crippen molar-refractivity contribution in [3.8, 4) is 0 Å². The van der Waals surface area contributed by atoms with Gasteiger partial charge in [-0.05, 0) is 25.8 Å². The molecule has 70 valence electrons. The van der Waals surface area contributed by atoms with E-state index < -0.39 is 0 Å². The summed E-state index contributed by atoms with van der Waals surface area (Å²) in [7, 11) is 0. The van der Waals surface area contributed by atoms with Gasteiger partial charge in [0, 0.05) is 12.6 Å². The second-order valence-electron chi connectivity index (χ2n) is 3.55. The van der Waals surface area contributed by atoms with Crippen LogP contribution in [0.15, 0.2) is 12.2 Å². The molecule has 1 fully saturated rings. The quantitative estimate of drug-likeness (QED) is 0.643. The first-order valence-corrected chi connectivity index (χ1v) is 4.79. The summed E-state index contributed by atoms with van der Waals surface area (Å²) in [6.07, 6.45) is 3.42. The topological polar surface area (TPSA) is 23.5 Å². The van der Waals surface area contributed by atoms with Gasteiger partial charge in [0.05, 0.1) is 6.61 Å². The number of nitrogens with zero attached hydrogens (tertiary/aromatic N) is 1. The van der Waals surface area contributed by atoms with Gasteiger partial charge < -0.3 is 5.11 Å². The normalized spacial score (nSPS) is 24.7. The fraction of sp³-hybridized carbons (Fsp3) is 0.800. The molecule has 1 aliphatic rings. The lowest BCUT2D eigenvalue weighted by Crippen LogP contribution is -2.33. The first kappa shape index (κ1) is 9.75. The Bertz CT molecular complexity index is 156. The van der Waals surface area contributed by atoms with Crippen molar-refractivity contribution in [3.05, 3.63) is 12.2 Å². The third-order valence-corrected chi connectivity index (χ3v) is 2.64. The van der Waals surface area contributed by atoms with Crippen molar-refractivity contribution >= 4 is 0 Å². The fourth-order valence-electron chi connectivity index (χ4n) is 1.71. The van der Waals surface area contributed by atoms with Gasteiger partial charge >= 0.3 is 0 Å². The second-order valence-corrected chi connectivity index (χ2v) is 3.55. The molecule has 2 heteroatoms. The van der Waals surface area contributed by atoms with Crippen LogP contribution in [0, 0.1) is 0 Å². The van der Waals surface area contributed by atoms with Gasteiger partial charge in [-0.25, -0.2) is 0 Å². The summed E-state index contributed by atoms with van der Waals surface area (Å²) in [6, 6.07) is 0.397. The van der Waals surface area contributed by atoms with Gasteiger partial charge in [-0.2, -0.15) is 0 Å². The van der Waals surface area contributed by atoms with E-state index in [0.717, 1.165) is 25.9 Å². The zero-order chi connectivity index (χ0) is 8.97. The molecule has 1 saturated heterocycles. The third-order valence-electron chi connectivity index (χ3n) is 2.64. The van der Waals surface area contributed by atoms with Crippen LogP contribution in [0.1, 0.15) is 26.2 Å². The summed E-state index contributed by atoms with van der Waals surface area (Å²) >= 11 is 0. The Morgan fingerprint density at radius 3 is 3.00 bits per heavy atom. The van der Waals surface area contributed by atoms with E-state index in [1.165, 1.54) is 12.0 Å². The Hall–Kier alpha value is -0.340. The number of aliphatic hydroxyl groups is 1. The van der Waals surface area contributed by atoms with Gasteiger partial charge in [0.25, 0.3) is 0 Å². The molecular weight excluding hydrogens is 150 g/mol. The van der Waals surface area contributed by atoms with Crippen LogP contribution < -0.4 is 0 Å². The average molecular weight is 169 g/mol. The number of rotatable bonds is 4. The van der Waals surface area contributed by atoms with Crippen LogP contribution in [-0.2, 0) is 0 Å². The van der Waals surface area contributed by atoms with Gasteiger partial charge in [-0.1, -0.05) is 19.1 Å². The van der Waals surface area contributed by atoms with Gasteiger partial charge in [0.15, 0.2) is 0 Å². The Balaban J connectivity index is 2.35. The molecule has 1 rings (SSSR count). The highest BCUT2D eigenvalue weighted by atomic mass is 16.3. The maximum absolute atomic E-state index is 9.05. The fourth-order valence-corrected chi connectivity index (χ4v) is 1.71.